The van der Waals surface area contributed by atoms with Crippen molar-refractivity contribution in [3.8, 4) is 0 Å². The van der Waals surface area contributed by atoms with Crippen LogP contribution >= 0.6 is 0 Å². The van der Waals surface area contributed by atoms with E-state index in [4.69, 9.17) is 11.1 Å². The molecule has 0 aliphatic rings. The van der Waals surface area contributed by atoms with Crippen LogP contribution in [0.15, 0.2) is 18.2 Å². The average Bonchev–Trinajstić information content (AvgIpc) is 2.15. The molecule has 1 aromatic carbocycles. The summed E-state index contributed by atoms with van der Waals surface area (Å²) in [5, 5.41) is 10.5. The Morgan fingerprint density at radius 3 is 2.93 bits per heavy atom. The highest BCUT2D eigenvalue weighted by atomic mass is 14.9. The molecule has 3 nitrogen and oxygen atoms in total. The number of nitrogen functional groups attached to an aromatic ring is 1. The van der Waals surface area contributed by atoms with Gasteiger partial charge in [0.15, 0.2) is 0 Å². The molecule has 1 aromatic rings. The predicted octanol–water partition coefficient (Wildman–Crippen LogP) is 1.84. The lowest BCUT2D eigenvalue weighted by molar-refractivity contribution is 0.689. The van der Waals surface area contributed by atoms with Gasteiger partial charge in [-0.25, -0.2) is 0 Å². The van der Waals surface area contributed by atoms with E-state index in [1.165, 1.54) is 0 Å². The molecule has 4 N–H and O–H groups in total. The molecule has 0 spiro atoms. The van der Waals surface area contributed by atoms with Crippen molar-refractivity contribution in [2.24, 2.45) is 11.7 Å². The zero-order chi connectivity index (χ0) is 10.6. The monoisotopic (exact) mass is 190 g/mol. The Kier molecular flexibility index (Phi) is 3.51. The lowest BCUT2D eigenvalue weighted by atomic mass is 10.1. The first-order valence-electron chi connectivity index (χ1n) is 4.69. The topological polar surface area (TPSA) is 61.9 Å². The molecule has 0 amide bonds. The van der Waals surface area contributed by atoms with Crippen LogP contribution in [0.3, 0.4) is 0 Å². The van der Waals surface area contributed by atoms with Gasteiger partial charge in [0.25, 0.3) is 0 Å². The molecular formula is C11H16N3. The van der Waals surface area contributed by atoms with Gasteiger partial charge in [0.1, 0.15) is 5.84 Å². The summed E-state index contributed by atoms with van der Waals surface area (Å²) in [6.07, 6.45) is 0. The Morgan fingerprint density at radius 1 is 1.64 bits per heavy atom. The first-order valence-corrected chi connectivity index (χ1v) is 4.69. The molecule has 0 heterocycles. The third-order valence-electron chi connectivity index (χ3n) is 1.81. The Bertz CT molecular complexity index is 318. The Balaban J connectivity index is 2.69. The number of amidine groups is 1. The van der Waals surface area contributed by atoms with Crippen LogP contribution in [0, 0.1) is 17.4 Å². The summed E-state index contributed by atoms with van der Waals surface area (Å²) in [7, 11) is 0. The Hall–Kier alpha value is -1.51. The summed E-state index contributed by atoms with van der Waals surface area (Å²) in [6.45, 7) is 5.18. The van der Waals surface area contributed by atoms with E-state index in [0.717, 1.165) is 17.8 Å². The van der Waals surface area contributed by atoms with Crippen LogP contribution in [-0.4, -0.2) is 12.4 Å². The fraction of sp³-hybridized carbons (Fsp3) is 0.364. The standard InChI is InChI=1S/C11H16N3/c1-8(2)7-14-10-5-3-4-9(6-10)11(12)13/h3-4,6,8,14H,7H2,1-2H3,(H3,12,13). The van der Waals surface area contributed by atoms with Crippen LogP contribution in [0.2, 0.25) is 0 Å². The molecule has 1 radical (unpaired) electrons. The van der Waals surface area contributed by atoms with E-state index in [1.807, 2.05) is 6.07 Å². The fourth-order valence-corrected chi connectivity index (χ4v) is 1.05. The summed E-state index contributed by atoms with van der Waals surface area (Å²) in [5.41, 5.74) is 7.01. The van der Waals surface area contributed by atoms with Crippen molar-refractivity contribution in [1.82, 2.24) is 0 Å². The predicted molar refractivity (Wildman–Crippen MR) is 59.6 cm³/mol. The van der Waals surface area contributed by atoms with Crippen LogP contribution in [0.25, 0.3) is 0 Å². The summed E-state index contributed by atoms with van der Waals surface area (Å²) in [5.74, 6) is 0.677. The summed E-state index contributed by atoms with van der Waals surface area (Å²) >= 11 is 0. The van der Waals surface area contributed by atoms with E-state index < -0.39 is 0 Å². The lowest BCUT2D eigenvalue weighted by Gasteiger charge is -2.09. The second-order valence-electron chi connectivity index (χ2n) is 3.68. The highest BCUT2D eigenvalue weighted by Crippen LogP contribution is 2.09. The molecule has 0 bridgehead atoms. The van der Waals surface area contributed by atoms with Gasteiger partial charge in [-0.2, -0.15) is 0 Å². The molecule has 1 rings (SSSR count). The highest BCUT2D eigenvalue weighted by Gasteiger charge is 1.99. The smallest absolute Gasteiger partial charge is 0.122 e. The maximum absolute atomic E-state index is 7.28. The number of nitrogens with one attached hydrogen (secondary N) is 2. The number of hydrogen-bond acceptors (Lipinski definition) is 2. The highest BCUT2D eigenvalue weighted by molar-refractivity contribution is 5.95. The minimum Gasteiger partial charge on any atom is -0.384 e. The number of anilines is 1. The summed E-state index contributed by atoms with van der Waals surface area (Å²) in [6, 6.07) is 8.45. The van der Waals surface area contributed by atoms with Gasteiger partial charge in [0, 0.05) is 23.9 Å². The number of nitrogens with two attached hydrogens (primary N) is 1. The lowest BCUT2D eigenvalue weighted by Crippen LogP contribution is -2.12. The van der Waals surface area contributed by atoms with Gasteiger partial charge >= 0.3 is 0 Å². The van der Waals surface area contributed by atoms with Gasteiger partial charge in [-0.05, 0) is 12.0 Å². The van der Waals surface area contributed by atoms with Crippen molar-refractivity contribution in [2.45, 2.75) is 13.8 Å². The SMILES string of the molecule is CC(C)CNc1[c]ccc(C(=N)N)c1. The normalized spacial score (nSPS) is 10.2. The van der Waals surface area contributed by atoms with Crippen molar-refractivity contribution in [3.05, 3.63) is 29.8 Å². The quantitative estimate of drug-likeness (QED) is 0.501. The zero-order valence-corrected chi connectivity index (χ0v) is 8.59. The minimum absolute atomic E-state index is 0.0894. The summed E-state index contributed by atoms with van der Waals surface area (Å²) < 4.78 is 0. The molecule has 0 aliphatic carbocycles. The van der Waals surface area contributed by atoms with Gasteiger partial charge in [0.2, 0.25) is 0 Å². The third-order valence-corrected chi connectivity index (χ3v) is 1.81. The van der Waals surface area contributed by atoms with Crippen LogP contribution < -0.4 is 11.1 Å². The van der Waals surface area contributed by atoms with Crippen molar-refractivity contribution in [1.29, 1.82) is 5.41 Å². The molecule has 0 saturated heterocycles. The molecule has 0 unspecified atom stereocenters. The van der Waals surface area contributed by atoms with Crippen molar-refractivity contribution >= 4 is 11.5 Å². The van der Waals surface area contributed by atoms with E-state index in [1.54, 1.807) is 12.1 Å². The van der Waals surface area contributed by atoms with Gasteiger partial charge in [-0.3, -0.25) is 5.41 Å². The molecule has 3 heteroatoms. The maximum Gasteiger partial charge on any atom is 0.122 e. The second kappa shape index (κ2) is 4.65. The number of benzene rings is 1. The van der Waals surface area contributed by atoms with Gasteiger partial charge in [-0.15, -0.1) is 0 Å². The van der Waals surface area contributed by atoms with E-state index in [2.05, 4.69) is 25.2 Å². The molecular weight excluding hydrogens is 174 g/mol. The third kappa shape index (κ3) is 3.09. The number of rotatable bonds is 4. The van der Waals surface area contributed by atoms with E-state index in [0.29, 0.717) is 5.92 Å². The molecule has 14 heavy (non-hydrogen) atoms. The molecule has 75 valence electrons. The van der Waals surface area contributed by atoms with Crippen LogP contribution in [0.5, 0.6) is 0 Å². The molecule has 0 saturated carbocycles. The van der Waals surface area contributed by atoms with Crippen LogP contribution in [-0.2, 0) is 0 Å². The fourth-order valence-electron chi connectivity index (χ4n) is 1.05. The Labute approximate surface area is 84.8 Å². The first-order chi connectivity index (χ1) is 6.59. The van der Waals surface area contributed by atoms with Crippen LogP contribution in [0.4, 0.5) is 5.69 Å². The van der Waals surface area contributed by atoms with E-state index in [-0.39, 0.29) is 5.84 Å². The maximum atomic E-state index is 7.28. The Morgan fingerprint density at radius 2 is 2.36 bits per heavy atom. The van der Waals surface area contributed by atoms with Gasteiger partial charge in [-0.1, -0.05) is 26.0 Å². The zero-order valence-electron chi connectivity index (χ0n) is 8.59. The van der Waals surface area contributed by atoms with E-state index >= 15 is 0 Å². The average molecular weight is 190 g/mol. The molecule has 0 aliphatic heterocycles. The van der Waals surface area contributed by atoms with Gasteiger partial charge < -0.3 is 11.1 Å². The second-order valence-corrected chi connectivity index (χ2v) is 3.68. The van der Waals surface area contributed by atoms with Crippen molar-refractivity contribution < 1.29 is 0 Å². The first kappa shape index (κ1) is 10.6. The van der Waals surface area contributed by atoms with Gasteiger partial charge in [0.05, 0.1) is 0 Å². The van der Waals surface area contributed by atoms with Crippen LogP contribution in [0.1, 0.15) is 19.4 Å². The van der Waals surface area contributed by atoms with Crippen molar-refractivity contribution in [2.75, 3.05) is 11.9 Å². The molecule has 0 aromatic heterocycles. The van der Waals surface area contributed by atoms with Crippen molar-refractivity contribution in [3.63, 3.8) is 0 Å². The molecule has 0 fully saturated rings. The largest absolute Gasteiger partial charge is 0.384 e. The minimum atomic E-state index is 0.0894. The number of hydrogen-bond donors (Lipinski definition) is 3. The molecule has 0 atom stereocenters. The van der Waals surface area contributed by atoms with E-state index in [9.17, 15) is 0 Å². The summed E-state index contributed by atoms with van der Waals surface area (Å²) in [4.78, 5) is 0.